The van der Waals surface area contributed by atoms with E-state index in [1.807, 2.05) is 6.92 Å². The number of amides is 1. The Morgan fingerprint density at radius 3 is 2.40 bits per heavy atom. The third-order valence-corrected chi connectivity index (χ3v) is 3.76. The summed E-state index contributed by atoms with van der Waals surface area (Å²) in [5, 5.41) is 3.71. The first-order valence-electron chi connectivity index (χ1n) is 7.50. The van der Waals surface area contributed by atoms with E-state index in [0.29, 0.717) is 21.5 Å². The molecule has 0 saturated carbocycles. The van der Waals surface area contributed by atoms with Crippen LogP contribution in [-0.4, -0.2) is 24.6 Å². The molecule has 1 atom stereocenters. The number of benzene rings is 2. The minimum atomic E-state index is -0.859. The highest BCUT2D eigenvalue weighted by atomic mass is 35.5. The van der Waals surface area contributed by atoms with Crippen LogP contribution < -0.4 is 10.1 Å². The Bertz CT molecular complexity index is 762. The van der Waals surface area contributed by atoms with Crippen LogP contribution in [0.1, 0.15) is 12.5 Å². The van der Waals surface area contributed by atoms with Gasteiger partial charge in [0.1, 0.15) is 5.75 Å². The van der Waals surface area contributed by atoms with Crippen molar-refractivity contribution in [3.8, 4) is 5.75 Å². The quantitative estimate of drug-likeness (QED) is 0.759. The molecule has 0 radical (unpaired) electrons. The second-order valence-corrected chi connectivity index (χ2v) is 6.20. The smallest absolute Gasteiger partial charge is 0.347 e. The molecule has 0 fully saturated rings. The van der Waals surface area contributed by atoms with Gasteiger partial charge in [-0.3, -0.25) is 4.79 Å². The molecule has 132 valence electrons. The monoisotopic (exact) mass is 381 g/mol. The molecule has 0 aromatic heterocycles. The fourth-order valence-electron chi connectivity index (χ4n) is 1.93. The van der Waals surface area contributed by atoms with Crippen molar-refractivity contribution in [3.63, 3.8) is 0 Å². The van der Waals surface area contributed by atoms with Crippen LogP contribution in [-0.2, 0) is 14.3 Å². The third kappa shape index (κ3) is 5.96. The predicted octanol–water partition coefficient (Wildman–Crippen LogP) is 4.25. The molecule has 0 spiro atoms. The number of halogens is 2. The van der Waals surface area contributed by atoms with E-state index in [-0.39, 0.29) is 0 Å². The molecule has 5 nitrogen and oxygen atoms in total. The van der Waals surface area contributed by atoms with Crippen molar-refractivity contribution in [1.82, 2.24) is 0 Å². The van der Waals surface area contributed by atoms with Gasteiger partial charge in [0.05, 0.1) is 0 Å². The maximum absolute atomic E-state index is 11.9. The summed E-state index contributed by atoms with van der Waals surface area (Å²) in [6.45, 7) is 2.95. The Hall–Kier alpha value is -2.24. The molecule has 0 saturated heterocycles. The van der Waals surface area contributed by atoms with Crippen molar-refractivity contribution in [1.29, 1.82) is 0 Å². The molecule has 2 rings (SSSR count). The number of hydrogen-bond acceptors (Lipinski definition) is 4. The van der Waals surface area contributed by atoms with Gasteiger partial charge in [-0.15, -0.1) is 0 Å². The lowest BCUT2D eigenvalue weighted by Crippen LogP contribution is -2.29. The summed E-state index contributed by atoms with van der Waals surface area (Å²) in [6.07, 6.45) is -0.859. The summed E-state index contributed by atoms with van der Waals surface area (Å²) in [5.41, 5.74) is 1.42. The highest BCUT2D eigenvalue weighted by Crippen LogP contribution is 2.20. The first kappa shape index (κ1) is 19.1. The summed E-state index contributed by atoms with van der Waals surface area (Å²) in [4.78, 5) is 23.8. The molecule has 0 heterocycles. The van der Waals surface area contributed by atoms with Crippen LogP contribution in [0, 0.1) is 6.92 Å². The molecule has 7 heteroatoms. The molecule has 2 aromatic rings. The van der Waals surface area contributed by atoms with Crippen molar-refractivity contribution in [2.45, 2.75) is 20.0 Å². The van der Waals surface area contributed by atoms with Crippen molar-refractivity contribution < 1.29 is 19.1 Å². The fraction of sp³-hybridized carbons (Fsp3) is 0.222. The Kier molecular flexibility index (Phi) is 6.67. The third-order valence-electron chi connectivity index (χ3n) is 3.28. The van der Waals surface area contributed by atoms with Crippen LogP contribution in [0.15, 0.2) is 42.5 Å². The SMILES string of the molecule is Cc1ccc(Cl)cc1NC(=O)COC(=O)[C@@H](C)Oc1ccc(Cl)cc1. The molecule has 25 heavy (non-hydrogen) atoms. The highest BCUT2D eigenvalue weighted by molar-refractivity contribution is 6.31. The van der Waals surface area contributed by atoms with Crippen molar-refractivity contribution in [3.05, 3.63) is 58.1 Å². The Labute approximate surface area is 155 Å². The first-order chi connectivity index (χ1) is 11.8. The van der Waals surface area contributed by atoms with Gasteiger partial charge in [-0.2, -0.15) is 0 Å². The van der Waals surface area contributed by atoms with Gasteiger partial charge in [-0.1, -0.05) is 29.3 Å². The summed E-state index contributed by atoms with van der Waals surface area (Å²) in [5.74, 6) is -0.627. The number of carbonyl (C=O) groups excluding carboxylic acids is 2. The van der Waals surface area contributed by atoms with Gasteiger partial charge in [-0.25, -0.2) is 4.79 Å². The maximum Gasteiger partial charge on any atom is 0.347 e. The number of esters is 1. The van der Waals surface area contributed by atoms with E-state index in [9.17, 15) is 9.59 Å². The van der Waals surface area contributed by atoms with Gasteiger partial charge in [-0.05, 0) is 55.8 Å². The van der Waals surface area contributed by atoms with Crippen LogP contribution >= 0.6 is 23.2 Å². The lowest BCUT2D eigenvalue weighted by molar-refractivity contribution is -0.153. The molecular weight excluding hydrogens is 365 g/mol. The second kappa shape index (κ2) is 8.74. The van der Waals surface area contributed by atoms with Gasteiger partial charge in [0, 0.05) is 15.7 Å². The van der Waals surface area contributed by atoms with E-state index in [1.54, 1.807) is 42.5 Å². The van der Waals surface area contributed by atoms with E-state index in [4.69, 9.17) is 32.7 Å². The molecule has 1 N–H and O–H groups in total. The number of anilines is 1. The molecule has 0 aliphatic heterocycles. The summed E-state index contributed by atoms with van der Waals surface area (Å²) >= 11 is 11.7. The molecular formula is C18H17Cl2NO4. The summed E-state index contributed by atoms with van der Waals surface area (Å²) < 4.78 is 10.4. The van der Waals surface area contributed by atoms with Gasteiger partial charge in [0.15, 0.2) is 12.7 Å². The number of aryl methyl sites for hydroxylation is 1. The van der Waals surface area contributed by atoms with Gasteiger partial charge < -0.3 is 14.8 Å². The molecule has 1 amide bonds. The topological polar surface area (TPSA) is 64.6 Å². The molecule has 0 aliphatic rings. The van der Waals surface area contributed by atoms with E-state index in [2.05, 4.69) is 5.32 Å². The van der Waals surface area contributed by atoms with Crippen LogP contribution in [0.2, 0.25) is 10.0 Å². The standard InChI is InChI=1S/C18H17Cl2NO4/c1-11-3-4-14(20)9-16(11)21-17(22)10-24-18(23)12(2)25-15-7-5-13(19)6-8-15/h3-9,12H,10H2,1-2H3,(H,21,22)/t12-/m1/s1. The first-order valence-corrected chi connectivity index (χ1v) is 8.25. The minimum Gasteiger partial charge on any atom is -0.479 e. The van der Waals surface area contributed by atoms with Gasteiger partial charge in [0.2, 0.25) is 0 Å². The van der Waals surface area contributed by atoms with E-state index < -0.39 is 24.6 Å². The maximum atomic E-state index is 11.9. The Morgan fingerprint density at radius 1 is 1.08 bits per heavy atom. The van der Waals surface area contributed by atoms with Gasteiger partial charge >= 0.3 is 5.97 Å². The van der Waals surface area contributed by atoms with Crippen molar-refractivity contribution >= 4 is 40.8 Å². The largest absolute Gasteiger partial charge is 0.479 e. The van der Waals surface area contributed by atoms with Crippen molar-refractivity contribution in [2.24, 2.45) is 0 Å². The normalized spacial score (nSPS) is 11.5. The van der Waals surface area contributed by atoms with Crippen LogP contribution in [0.5, 0.6) is 5.75 Å². The van der Waals surface area contributed by atoms with E-state index in [1.165, 1.54) is 6.92 Å². The summed E-state index contributed by atoms with van der Waals surface area (Å²) in [6, 6.07) is 11.7. The fourth-order valence-corrected chi connectivity index (χ4v) is 2.23. The van der Waals surface area contributed by atoms with Crippen LogP contribution in [0.25, 0.3) is 0 Å². The molecule has 0 bridgehead atoms. The van der Waals surface area contributed by atoms with E-state index in [0.717, 1.165) is 5.56 Å². The molecule has 0 unspecified atom stereocenters. The van der Waals surface area contributed by atoms with E-state index >= 15 is 0 Å². The Morgan fingerprint density at radius 2 is 1.72 bits per heavy atom. The Balaban J connectivity index is 1.83. The van der Waals surface area contributed by atoms with Crippen LogP contribution in [0.3, 0.4) is 0 Å². The predicted molar refractivity (Wildman–Crippen MR) is 97.3 cm³/mol. The lowest BCUT2D eigenvalue weighted by Gasteiger charge is -2.14. The molecule has 0 aliphatic carbocycles. The zero-order chi connectivity index (χ0) is 18.4. The zero-order valence-corrected chi connectivity index (χ0v) is 15.2. The lowest BCUT2D eigenvalue weighted by atomic mass is 10.2. The average Bonchev–Trinajstić information content (AvgIpc) is 2.58. The highest BCUT2D eigenvalue weighted by Gasteiger charge is 2.18. The number of nitrogens with one attached hydrogen (secondary N) is 1. The van der Waals surface area contributed by atoms with Gasteiger partial charge in [0.25, 0.3) is 5.91 Å². The number of hydrogen-bond donors (Lipinski definition) is 1. The number of ether oxygens (including phenoxy) is 2. The minimum absolute atomic E-state index is 0.418. The van der Waals surface area contributed by atoms with Crippen molar-refractivity contribution in [2.75, 3.05) is 11.9 Å². The average molecular weight is 382 g/mol. The second-order valence-electron chi connectivity index (χ2n) is 5.33. The number of carbonyl (C=O) groups is 2. The molecule has 2 aromatic carbocycles. The van der Waals surface area contributed by atoms with Crippen LogP contribution in [0.4, 0.5) is 5.69 Å². The summed E-state index contributed by atoms with van der Waals surface area (Å²) in [7, 11) is 0. The zero-order valence-electron chi connectivity index (χ0n) is 13.7. The number of rotatable bonds is 6.